The molecule has 0 atom stereocenters. The molecular formula is C8H8ClNO2. The molecule has 0 bridgehead atoms. The molecule has 0 aliphatic carbocycles. The Morgan fingerprint density at radius 3 is 2.75 bits per heavy atom. The zero-order valence-electron chi connectivity index (χ0n) is 6.80. The van der Waals surface area contributed by atoms with Crippen LogP contribution in [0.15, 0.2) is 12.1 Å². The highest BCUT2D eigenvalue weighted by molar-refractivity contribution is 6.68. The summed E-state index contributed by atoms with van der Waals surface area (Å²) < 4.78 is 4.87. The van der Waals surface area contributed by atoms with Crippen molar-refractivity contribution in [2.45, 2.75) is 6.92 Å². The summed E-state index contributed by atoms with van der Waals surface area (Å²) in [7, 11) is 1.45. The van der Waals surface area contributed by atoms with E-state index in [2.05, 4.69) is 4.98 Å². The van der Waals surface area contributed by atoms with E-state index in [0.717, 1.165) is 5.69 Å². The van der Waals surface area contributed by atoms with E-state index in [4.69, 9.17) is 16.3 Å². The van der Waals surface area contributed by atoms with Crippen molar-refractivity contribution in [1.82, 2.24) is 4.98 Å². The van der Waals surface area contributed by atoms with E-state index in [1.54, 1.807) is 12.1 Å². The summed E-state index contributed by atoms with van der Waals surface area (Å²) in [6.45, 7) is 1.81. The fourth-order valence-corrected chi connectivity index (χ4v) is 0.982. The minimum Gasteiger partial charge on any atom is -0.480 e. The lowest BCUT2D eigenvalue weighted by molar-refractivity contribution is 0.107. The van der Waals surface area contributed by atoms with Crippen molar-refractivity contribution in [2.24, 2.45) is 0 Å². The lowest BCUT2D eigenvalue weighted by Crippen LogP contribution is -1.98. The van der Waals surface area contributed by atoms with E-state index in [0.29, 0.717) is 5.56 Å². The van der Waals surface area contributed by atoms with Gasteiger partial charge in [-0.05, 0) is 30.7 Å². The van der Waals surface area contributed by atoms with Gasteiger partial charge in [0.05, 0.1) is 12.7 Å². The molecule has 12 heavy (non-hydrogen) atoms. The number of carbonyl (C=O) groups is 1. The van der Waals surface area contributed by atoms with Gasteiger partial charge in [-0.15, -0.1) is 0 Å². The number of hydrogen-bond acceptors (Lipinski definition) is 3. The van der Waals surface area contributed by atoms with Gasteiger partial charge < -0.3 is 4.74 Å². The van der Waals surface area contributed by atoms with Gasteiger partial charge >= 0.3 is 0 Å². The number of aromatic nitrogens is 1. The average molecular weight is 186 g/mol. The number of pyridine rings is 1. The first-order chi connectivity index (χ1) is 5.65. The number of methoxy groups -OCH3 is 1. The fourth-order valence-electron chi connectivity index (χ4n) is 0.838. The molecule has 4 heteroatoms. The van der Waals surface area contributed by atoms with E-state index >= 15 is 0 Å². The summed E-state index contributed by atoms with van der Waals surface area (Å²) in [6, 6.07) is 3.30. The van der Waals surface area contributed by atoms with Gasteiger partial charge in [0, 0.05) is 5.69 Å². The maximum absolute atomic E-state index is 10.8. The Bertz CT molecular complexity index is 312. The number of nitrogens with zero attached hydrogens (tertiary/aromatic N) is 1. The first-order valence-electron chi connectivity index (χ1n) is 3.36. The highest BCUT2D eigenvalue weighted by Crippen LogP contribution is 2.17. The smallest absolute Gasteiger partial charge is 0.257 e. The van der Waals surface area contributed by atoms with Gasteiger partial charge in [-0.25, -0.2) is 4.98 Å². The number of hydrogen-bond donors (Lipinski definition) is 0. The molecule has 0 fully saturated rings. The molecule has 0 N–H and O–H groups in total. The van der Waals surface area contributed by atoms with Crippen molar-refractivity contribution in [3.8, 4) is 5.88 Å². The molecule has 1 aromatic rings. The normalized spacial score (nSPS) is 9.58. The van der Waals surface area contributed by atoms with Crippen LogP contribution in [0, 0.1) is 6.92 Å². The van der Waals surface area contributed by atoms with Crippen molar-refractivity contribution in [3.63, 3.8) is 0 Å². The number of carbonyl (C=O) groups excluding carboxylic acids is 1. The van der Waals surface area contributed by atoms with Crippen LogP contribution in [-0.2, 0) is 0 Å². The van der Waals surface area contributed by atoms with Gasteiger partial charge in [0.25, 0.3) is 5.24 Å². The number of aryl methyl sites for hydroxylation is 1. The van der Waals surface area contributed by atoms with Crippen LogP contribution in [0.5, 0.6) is 5.88 Å². The van der Waals surface area contributed by atoms with Gasteiger partial charge in [-0.3, -0.25) is 4.79 Å². The third kappa shape index (κ3) is 1.74. The van der Waals surface area contributed by atoms with Gasteiger partial charge in [0.2, 0.25) is 5.88 Å². The summed E-state index contributed by atoms with van der Waals surface area (Å²) in [5.74, 6) is 0.273. The second-order valence-corrected chi connectivity index (χ2v) is 2.63. The zero-order valence-corrected chi connectivity index (χ0v) is 7.55. The van der Waals surface area contributed by atoms with Crippen LogP contribution in [0.3, 0.4) is 0 Å². The lowest BCUT2D eigenvalue weighted by atomic mass is 10.2. The van der Waals surface area contributed by atoms with E-state index < -0.39 is 5.24 Å². The molecule has 0 aliphatic heterocycles. The molecule has 1 aromatic heterocycles. The summed E-state index contributed by atoms with van der Waals surface area (Å²) in [5, 5.41) is -0.556. The highest BCUT2D eigenvalue weighted by Gasteiger charge is 2.10. The van der Waals surface area contributed by atoms with Crippen LogP contribution in [0.2, 0.25) is 0 Å². The molecule has 0 saturated heterocycles. The Kier molecular flexibility index (Phi) is 2.65. The predicted molar refractivity (Wildman–Crippen MR) is 45.7 cm³/mol. The Balaban J connectivity index is 3.20. The molecule has 0 aromatic carbocycles. The molecule has 1 heterocycles. The SMILES string of the molecule is COc1nc(C)ccc1C(=O)Cl. The van der Waals surface area contributed by atoms with Gasteiger partial charge in [-0.1, -0.05) is 0 Å². The Morgan fingerprint density at radius 1 is 1.58 bits per heavy atom. The first-order valence-corrected chi connectivity index (χ1v) is 3.74. The Morgan fingerprint density at radius 2 is 2.25 bits per heavy atom. The molecule has 0 radical (unpaired) electrons. The van der Waals surface area contributed by atoms with Gasteiger partial charge in [0.15, 0.2) is 0 Å². The molecule has 0 saturated carbocycles. The topological polar surface area (TPSA) is 39.2 Å². The van der Waals surface area contributed by atoms with Crippen molar-refractivity contribution in [1.29, 1.82) is 0 Å². The van der Waals surface area contributed by atoms with Crippen molar-refractivity contribution in [2.75, 3.05) is 7.11 Å². The molecule has 0 aliphatic rings. The molecule has 1 rings (SSSR count). The maximum atomic E-state index is 10.8. The molecule has 0 amide bonds. The van der Waals surface area contributed by atoms with Crippen molar-refractivity contribution in [3.05, 3.63) is 23.4 Å². The quantitative estimate of drug-likeness (QED) is 0.660. The van der Waals surface area contributed by atoms with Crippen LogP contribution < -0.4 is 4.74 Å². The summed E-state index contributed by atoms with van der Waals surface area (Å²) in [6.07, 6.45) is 0. The van der Waals surface area contributed by atoms with Crippen molar-refractivity contribution < 1.29 is 9.53 Å². The van der Waals surface area contributed by atoms with E-state index in [1.165, 1.54) is 7.11 Å². The molecule has 0 spiro atoms. The van der Waals surface area contributed by atoms with Crippen LogP contribution in [0.4, 0.5) is 0 Å². The summed E-state index contributed by atoms with van der Waals surface area (Å²) >= 11 is 5.28. The molecule has 3 nitrogen and oxygen atoms in total. The Labute approximate surface area is 75.3 Å². The molecular weight excluding hydrogens is 178 g/mol. The van der Waals surface area contributed by atoms with Crippen molar-refractivity contribution >= 4 is 16.8 Å². The van der Waals surface area contributed by atoms with Gasteiger partial charge in [-0.2, -0.15) is 0 Å². The number of ether oxygens (including phenoxy) is 1. The minimum absolute atomic E-state index is 0.273. The third-order valence-electron chi connectivity index (χ3n) is 1.40. The summed E-state index contributed by atoms with van der Waals surface area (Å²) in [4.78, 5) is 14.8. The number of rotatable bonds is 2. The first kappa shape index (κ1) is 9.00. The Hall–Kier alpha value is -1.09. The van der Waals surface area contributed by atoms with Crippen LogP contribution >= 0.6 is 11.6 Å². The highest BCUT2D eigenvalue weighted by atomic mass is 35.5. The zero-order chi connectivity index (χ0) is 9.14. The third-order valence-corrected chi connectivity index (χ3v) is 1.61. The number of halogens is 1. The van der Waals surface area contributed by atoms with Crippen LogP contribution in [0.25, 0.3) is 0 Å². The fraction of sp³-hybridized carbons (Fsp3) is 0.250. The van der Waals surface area contributed by atoms with E-state index in [-0.39, 0.29) is 5.88 Å². The van der Waals surface area contributed by atoms with E-state index in [9.17, 15) is 4.79 Å². The van der Waals surface area contributed by atoms with E-state index in [1.807, 2.05) is 6.92 Å². The van der Waals surface area contributed by atoms with Gasteiger partial charge in [0.1, 0.15) is 0 Å². The van der Waals surface area contributed by atoms with Crippen LogP contribution in [0.1, 0.15) is 16.1 Å². The molecule has 64 valence electrons. The maximum Gasteiger partial charge on any atom is 0.257 e. The second kappa shape index (κ2) is 3.54. The standard InChI is InChI=1S/C8H8ClNO2/c1-5-3-4-6(7(9)11)8(10-5)12-2/h3-4H,1-2H3. The monoisotopic (exact) mass is 185 g/mol. The summed E-state index contributed by atoms with van der Waals surface area (Å²) in [5.41, 5.74) is 1.08. The minimum atomic E-state index is -0.556. The second-order valence-electron chi connectivity index (χ2n) is 2.28. The van der Waals surface area contributed by atoms with Crippen LogP contribution in [-0.4, -0.2) is 17.3 Å². The largest absolute Gasteiger partial charge is 0.480 e. The molecule has 0 unspecified atom stereocenters. The lowest BCUT2D eigenvalue weighted by Gasteiger charge is -2.03. The predicted octanol–water partition coefficient (Wildman–Crippen LogP) is 1.78. The average Bonchev–Trinajstić information content (AvgIpc) is 2.03.